The predicted molar refractivity (Wildman–Crippen MR) is 128 cm³/mol. The first-order valence-electron chi connectivity index (χ1n) is 11.3. The molecular formula is C27H28F2N2O4. The third kappa shape index (κ3) is 4.52. The van der Waals surface area contributed by atoms with Gasteiger partial charge < -0.3 is 20.1 Å². The first-order chi connectivity index (χ1) is 16.6. The molecule has 8 heteroatoms. The van der Waals surface area contributed by atoms with Crippen LogP contribution < -0.4 is 20.1 Å². The van der Waals surface area contributed by atoms with Crippen LogP contribution in [-0.4, -0.2) is 25.9 Å². The number of dihydropyridines is 1. The number of carbonyl (C=O) groups excluding carboxylic acids is 2. The molecule has 2 aromatic rings. The number of para-hydroxylation sites is 1. The minimum absolute atomic E-state index is 0.0958. The summed E-state index contributed by atoms with van der Waals surface area (Å²) in [6, 6.07) is 8.49. The lowest BCUT2D eigenvalue weighted by atomic mass is 9.68. The SMILES string of the molecule is COc1ccc(C2C(C(=O)Nc3c(F)cccc3F)=C(C)NC3=C2C(=O)CC(C)(C)C3)c(OC)c1. The molecule has 1 aliphatic carbocycles. The minimum atomic E-state index is -0.894. The van der Waals surface area contributed by atoms with Crippen LogP contribution in [0.15, 0.2) is 58.9 Å². The van der Waals surface area contributed by atoms with E-state index in [1.165, 1.54) is 20.3 Å². The van der Waals surface area contributed by atoms with Crippen molar-refractivity contribution in [1.82, 2.24) is 5.32 Å². The molecule has 1 unspecified atom stereocenters. The fourth-order valence-electron chi connectivity index (χ4n) is 4.90. The van der Waals surface area contributed by atoms with Gasteiger partial charge in [-0.25, -0.2) is 8.78 Å². The van der Waals surface area contributed by atoms with E-state index in [4.69, 9.17) is 9.47 Å². The lowest BCUT2D eigenvalue weighted by Gasteiger charge is -2.40. The van der Waals surface area contributed by atoms with E-state index in [1.54, 1.807) is 25.1 Å². The Morgan fingerprint density at radius 1 is 1.09 bits per heavy atom. The molecular weight excluding hydrogens is 454 g/mol. The number of Topliss-reactive ketones (excluding diaryl/α,β-unsaturated/α-hetero) is 1. The van der Waals surface area contributed by atoms with Crippen molar-refractivity contribution in [3.8, 4) is 11.5 Å². The lowest BCUT2D eigenvalue weighted by molar-refractivity contribution is -0.118. The Labute approximate surface area is 203 Å². The molecule has 2 aliphatic rings. The van der Waals surface area contributed by atoms with E-state index in [0.29, 0.717) is 41.2 Å². The second-order valence-electron chi connectivity index (χ2n) is 9.59. The van der Waals surface area contributed by atoms with Crippen LogP contribution in [0.1, 0.15) is 45.1 Å². The summed E-state index contributed by atoms with van der Waals surface area (Å²) >= 11 is 0. The molecule has 0 aromatic heterocycles. The number of benzene rings is 2. The highest BCUT2D eigenvalue weighted by molar-refractivity contribution is 6.10. The van der Waals surface area contributed by atoms with Gasteiger partial charge in [-0.3, -0.25) is 9.59 Å². The number of methoxy groups -OCH3 is 2. The van der Waals surface area contributed by atoms with Crippen molar-refractivity contribution in [2.75, 3.05) is 19.5 Å². The maximum Gasteiger partial charge on any atom is 0.254 e. The number of ketones is 1. The van der Waals surface area contributed by atoms with Gasteiger partial charge in [-0.05, 0) is 37.0 Å². The van der Waals surface area contributed by atoms with Gasteiger partial charge in [0.15, 0.2) is 5.78 Å². The number of rotatable bonds is 5. The van der Waals surface area contributed by atoms with Crippen LogP contribution >= 0.6 is 0 Å². The van der Waals surface area contributed by atoms with Gasteiger partial charge in [0.25, 0.3) is 5.91 Å². The number of anilines is 1. The summed E-state index contributed by atoms with van der Waals surface area (Å²) in [5.41, 5.74) is 1.64. The van der Waals surface area contributed by atoms with Gasteiger partial charge in [0.05, 0.1) is 20.1 Å². The second-order valence-corrected chi connectivity index (χ2v) is 9.59. The Balaban J connectivity index is 1.88. The molecule has 184 valence electrons. The Bertz CT molecular complexity index is 1260. The van der Waals surface area contributed by atoms with Crippen LogP contribution in [-0.2, 0) is 9.59 Å². The van der Waals surface area contributed by atoms with E-state index in [-0.39, 0.29) is 16.8 Å². The highest BCUT2D eigenvalue weighted by Gasteiger charge is 2.43. The highest BCUT2D eigenvalue weighted by atomic mass is 19.1. The van der Waals surface area contributed by atoms with Crippen LogP contribution in [0, 0.1) is 17.0 Å². The van der Waals surface area contributed by atoms with E-state index in [1.807, 2.05) is 13.8 Å². The van der Waals surface area contributed by atoms with Crippen LogP contribution in [0.5, 0.6) is 11.5 Å². The number of allylic oxidation sites excluding steroid dienone is 3. The maximum atomic E-state index is 14.3. The van der Waals surface area contributed by atoms with Crippen LogP contribution in [0.3, 0.4) is 0 Å². The molecule has 0 spiro atoms. The summed E-state index contributed by atoms with van der Waals surface area (Å²) in [6.45, 7) is 5.74. The van der Waals surface area contributed by atoms with Gasteiger partial charge in [-0.2, -0.15) is 0 Å². The number of amides is 1. The zero-order chi connectivity index (χ0) is 25.5. The van der Waals surface area contributed by atoms with Gasteiger partial charge in [-0.1, -0.05) is 26.0 Å². The van der Waals surface area contributed by atoms with Crippen LogP contribution in [0.4, 0.5) is 14.5 Å². The van der Waals surface area contributed by atoms with Crippen molar-refractivity contribution in [2.45, 2.75) is 39.5 Å². The Morgan fingerprint density at radius 3 is 2.40 bits per heavy atom. The molecule has 0 saturated heterocycles. The highest BCUT2D eigenvalue weighted by Crippen LogP contribution is 2.49. The zero-order valence-corrected chi connectivity index (χ0v) is 20.3. The first-order valence-corrected chi connectivity index (χ1v) is 11.3. The molecule has 2 aromatic carbocycles. The molecule has 0 bridgehead atoms. The Hall–Kier alpha value is -3.68. The van der Waals surface area contributed by atoms with Crippen LogP contribution in [0.2, 0.25) is 0 Å². The van der Waals surface area contributed by atoms with Gasteiger partial charge in [0.1, 0.15) is 28.8 Å². The Kier molecular flexibility index (Phi) is 6.40. The number of nitrogens with one attached hydrogen (secondary N) is 2. The number of carbonyl (C=O) groups is 2. The topological polar surface area (TPSA) is 76.7 Å². The van der Waals surface area contributed by atoms with Gasteiger partial charge in [0, 0.05) is 40.6 Å². The van der Waals surface area contributed by atoms with Crippen molar-refractivity contribution in [1.29, 1.82) is 0 Å². The number of ether oxygens (including phenoxy) is 2. The molecule has 35 heavy (non-hydrogen) atoms. The maximum absolute atomic E-state index is 14.3. The minimum Gasteiger partial charge on any atom is -0.497 e. The van der Waals surface area contributed by atoms with Crippen molar-refractivity contribution in [2.24, 2.45) is 5.41 Å². The van der Waals surface area contributed by atoms with E-state index in [0.717, 1.165) is 17.8 Å². The third-order valence-corrected chi connectivity index (χ3v) is 6.44. The summed E-state index contributed by atoms with van der Waals surface area (Å²) in [5, 5.41) is 5.61. The first kappa shape index (κ1) is 24.4. The van der Waals surface area contributed by atoms with Gasteiger partial charge in [0.2, 0.25) is 0 Å². The summed E-state index contributed by atoms with van der Waals surface area (Å²) in [4.78, 5) is 27.0. The molecule has 0 saturated carbocycles. The average molecular weight is 483 g/mol. The standard InChI is InChI=1S/C27H28F2N2O4/c1-14-22(26(33)31-25-17(28)7-6-8-18(25)29)23(16-10-9-15(34-4)11-21(16)35-5)24-19(30-14)12-27(2,3)13-20(24)32/h6-11,23,30H,12-13H2,1-5H3,(H,31,33). The molecule has 1 aliphatic heterocycles. The van der Waals surface area contributed by atoms with Crippen molar-refractivity contribution >= 4 is 17.4 Å². The third-order valence-electron chi connectivity index (χ3n) is 6.44. The zero-order valence-electron chi connectivity index (χ0n) is 20.3. The van der Waals surface area contributed by atoms with Gasteiger partial charge in [-0.15, -0.1) is 0 Å². The molecule has 0 fully saturated rings. The molecule has 2 N–H and O–H groups in total. The van der Waals surface area contributed by atoms with Gasteiger partial charge >= 0.3 is 0 Å². The Morgan fingerprint density at radius 2 is 1.77 bits per heavy atom. The fourth-order valence-corrected chi connectivity index (χ4v) is 4.90. The summed E-state index contributed by atoms with van der Waals surface area (Å²) < 4.78 is 39.6. The van der Waals surface area contributed by atoms with E-state index >= 15 is 0 Å². The number of halogens is 2. The molecule has 4 rings (SSSR count). The average Bonchev–Trinajstić information content (AvgIpc) is 2.79. The van der Waals surface area contributed by atoms with E-state index in [9.17, 15) is 18.4 Å². The molecule has 1 atom stereocenters. The molecule has 0 radical (unpaired) electrons. The van der Waals surface area contributed by atoms with Crippen molar-refractivity contribution < 1.29 is 27.8 Å². The summed E-state index contributed by atoms with van der Waals surface area (Å²) in [7, 11) is 3.02. The monoisotopic (exact) mass is 482 g/mol. The van der Waals surface area contributed by atoms with E-state index in [2.05, 4.69) is 10.6 Å². The number of hydrogen-bond acceptors (Lipinski definition) is 5. The van der Waals surface area contributed by atoms with Crippen molar-refractivity contribution in [3.05, 3.63) is 76.1 Å². The quantitative estimate of drug-likeness (QED) is 0.611. The van der Waals surface area contributed by atoms with Crippen molar-refractivity contribution in [3.63, 3.8) is 0 Å². The predicted octanol–water partition coefficient (Wildman–Crippen LogP) is 5.22. The van der Waals surface area contributed by atoms with Crippen LogP contribution in [0.25, 0.3) is 0 Å². The largest absolute Gasteiger partial charge is 0.497 e. The fraction of sp³-hybridized carbons (Fsp3) is 0.333. The summed E-state index contributed by atoms with van der Waals surface area (Å²) in [5.74, 6) is -2.43. The normalized spacial score (nSPS) is 19.2. The molecule has 1 amide bonds. The summed E-state index contributed by atoms with van der Waals surface area (Å²) in [6.07, 6.45) is 0.912. The lowest BCUT2D eigenvalue weighted by Crippen LogP contribution is -2.39. The van der Waals surface area contributed by atoms with E-state index < -0.39 is 29.1 Å². The molecule has 1 heterocycles. The number of hydrogen-bond donors (Lipinski definition) is 2. The second kappa shape index (κ2) is 9.17. The smallest absolute Gasteiger partial charge is 0.254 e. The molecule has 6 nitrogen and oxygen atoms in total.